The van der Waals surface area contributed by atoms with Gasteiger partial charge in [-0.2, -0.15) is 0 Å². The normalized spacial score (nSPS) is 25.4. The monoisotopic (exact) mass is 384 g/mol. The summed E-state index contributed by atoms with van der Waals surface area (Å²) in [5, 5.41) is 33.4. The number of hydrogen-bond donors (Lipinski definition) is 2. The van der Waals surface area contributed by atoms with Gasteiger partial charge in [-0.15, -0.1) is 0 Å². The first-order chi connectivity index (χ1) is 13.2. The van der Waals surface area contributed by atoms with Crippen molar-refractivity contribution in [2.45, 2.75) is 37.9 Å². The first-order valence-electron chi connectivity index (χ1n) is 8.92. The van der Waals surface area contributed by atoms with E-state index in [0.29, 0.717) is 24.0 Å². The molecule has 3 aromatic rings. The molecule has 7 nitrogen and oxygen atoms in total. The van der Waals surface area contributed by atoms with Gasteiger partial charge in [0.1, 0.15) is 5.82 Å². The van der Waals surface area contributed by atoms with Gasteiger partial charge in [0.25, 0.3) is 5.69 Å². The van der Waals surface area contributed by atoms with E-state index in [1.54, 1.807) is 0 Å². The van der Waals surface area contributed by atoms with Crippen LogP contribution in [0, 0.1) is 15.9 Å². The van der Waals surface area contributed by atoms with Crippen molar-refractivity contribution in [3.63, 3.8) is 0 Å². The molecule has 0 unspecified atom stereocenters. The van der Waals surface area contributed by atoms with E-state index in [1.807, 2.05) is 13.8 Å². The third-order valence-corrected chi connectivity index (χ3v) is 6.09. The SMILES string of the molecule is C[C@]12CC[C@](C)(O1)c1c2c(O)n(-c2ccc([N+](=O)[O-])c3c(F)cccc23)c1O. The molecule has 144 valence electrons. The average molecular weight is 384 g/mol. The Morgan fingerprint density at radius 2 is 1.71 bits per heavy atom. The van der Waals surface area contributed by atoms with Gasteiger partial charge in [-0.05, 0) is 38.8 Å². The number of nitro benzene ring substituents is 1. The molecule has 1 fully saturated rings. The summed E-state index contributed by atoms with van der Waals surface area (Å²) < 4.78 is 21.8. The van der Waals surface area contributed by atoms with Crippen LogP contribution in [-0.4, -0.2) is 19.7 Å². The minimum Gasteiger partial charge on any atom is -0.494 e. The molecule has 0 saturated carbocycles. The Kier molecular flexibility index (Phi) is 3.05. The number of non-ortho nitro benzene ring substituents is 1. The number of ether oxygens (including phenoxy) is 1. The number of aromatic hydroxyl groups is 2. The second-order valence-corrected chi connectivity index (χ2v) is 7.82. The van der Waals surface area contributed by atoms with Crippen molar-refractivity contribution >= 4 is 16.5 Å². The van der Waals surface area contributed by atoms with Crippen LogP contribution in [0.25, 0.3) is 16.5 Å². The highest BCUT2D eigenvalue weighted by Gasteiger charge is 2.59. The zero-order chi connectivity index (χ0) is 20.0. The van der Waals surface area contributed by atoms with Crippen molar-refractivity contribution in [2.24, 2.45) is 0 Å². The molecule has 8 heteroatoms. The van der Waals surface area contributed by atoms with Crippen LogP contribution < -0.4 is 0 Å². The standard InChI is InChI=1S/C20H17FN2O5/c1-19-8-9-20(2,28-19)16-15(19)17(24)22(18(16)25)12-6-7-13(23(26)27)14-10(12)4-3-5-11(14)21/h3-7,24-25H,8-9H2,1-2H3/t19-,20+. The van der Waals surface area contributed by atoms with Crippen LogP contribution in [-0.2, 0) is 15.9 Å². The molecule has 2 aliphatic rings. The highest BCUT2D eigenvalue weighted by molar-refractivity contribution is 5.97. The lowest BCUT2D eigenvalue weighted by molar-refractivity contribution is -0.383. The largest absolute Gasteiger partial charge is 0.494 e. The number of benzene rings is 2. The average Bonchev–Trinajstić information content (AvgIpc) is 3.18. The molecule has 2 atom stereocenters. The molecule has 2 aromatic carbocycles. The molecule has 1 aromatic heterocycles. The second kappa shape index (κ2) is 5.02. The van der Waals surface area contributed by atoms with E-state index in [0.717, 1.165) is 6.07 Å². The van der Waals surface area contributed by atoms with Crippen molar-refractivity contribution in [2.75, 3.05) is 0 Å². The molecule has 5 rings (SSSR count). The third-order valence-electron chi connectivity index (χ3n) is 6.09. The van der Waals surface area contributed by atoms with Crippen LogP contribution >= 0.6 is 0 Å². The number of rotatable bonds is 2. The molecule has 0 aliphatic carbocycles. The molecule has 2 bridgehead atoms. The first-order valence-corrected chi connectivity index (χ1v) is 8.92. The third kappa shape index (κ3) is 1.85. The van der Waals surface area contributed by atoms with E-state index in [2.05, 4.69) is 0 Å². The Hall–Kier alpha value is -3.13. The smallest absolute Gasteiger partial charge is 0.280 e. The van der Waals surface area contributed by atoms with Crippen LogP contribution in [0.5, 0.6) is 11.8 Å². The van der Waals surface area contributed by atoms with Crippen molar-refractivity contribution in [1.29, 1.82) is 0 Å². The van der Waals surface area contributed by atoms with Gasteiger partial charge >= 0.3 is 0 Å². The maximum Gasteiger partial charge on any atom is 0.280 e. The fraction of sp³-hybridized carbons (Fsp3) is 0.300. The first kappa shape index (κ1) is 17.0. The lowest BCUT2D eigenvalue weighted by Crippen LogP contribution is -2.17. The Labute approximate surface area is 158 Å². The Balaban J connectivity index is 1.87. The van der Waals surface area contributed by atoms with Crippen LogP contribution in [0.2, 0.25) is 0 Å². The van der Waals surface area contributed by atoms with Crippen molar-refractivity contribution < 1.29 is 24.3 Å². The van der Waals surface area contributed by atoms with Gasteiger partial charge in [-0.3, -0.25) is 14.7 Å². The van der Waals surface area contributed by atoms with E-state index < -0.39 is 21.9 Å². The fourth-order valence-electron chi connectivity index (χ4n) is 4.88. The summed E-state index contributed by atoms with van der Waals surface area (Å²) in [7, 11) is 0. The second-order valence-electron chi connectivity index (χ2n) is 7.82. The van der Waals surface area contributed by atoms with Crippen LogP contribution in [0.15, 0.2) is 30.3 Å². The van der Waals surface area contributed by atoms with E-state index in [-0.39, 0.29) is 33.9 Å². The summed E-state index contributed by atoms with van der Waals surface area (Å²) >= 11 is 0. The van der Waals surface area contributed by atoms with E-state index >= 15 is 0 Å². The number of nitro groups is 1. The minimum absolute atomic E-state index is 0.172. The quantitative estimate of drug-likeness (QED) is 0.506. The van der Waals surface area contributed by atoms with E-state index in [1.165, 1.54) is 28.8 Å². The maximum atomic E-state index is 14.5. The molecular weight excluding hydrogens is 367 g/mol. The predicted octanol–water partition coefficient (Wildman–Crippen LogP) is 4.34. The zero-order valence-corrected chi connectivity index (χ0v) is 15.2. The molecule has 3 heterocycles. The van der Waals surface area contributed by atoms with Crippen LogP contribution in [0.3, 0.4) is 0 Å². The summed E-state index contributed by atoms with van der Waals surface area (Å²) in [4.78, 5) is 10.7. The van der Waals surface area contributed by atoms with Crippen LogP contribution in [0.4, 0.5) is 10.1 Å². The van der Waals surface area contributed by atoms with Crippen molar-refractivity contribution in [3.8, 4) is 17.4 Å². The van der Waals surface area contributed by atoms with Gasteiger partial charge in [0, 0.05) is 11.5 Å². The molecule has 2 aliphatic heterocycles. The number of aromatic nitrogens is 1. The molecule has 1 saturated heterocycles. The summed E-state index contributed by atoms with van der Waals surface area (Å²) in [5.41, 5.74) is -0.533. The van der Waals surface area contributed by atoms with E-state index in [9.17, 15) is 24.7 Å². The molecule has 0 amide bonds. The molecule has 0 spiro atoms. The van der Waals surface area contributed by atoms with E-state index in [4.69, 9.17) is 4.74 Å². The van der Waals surface area contributed by atoms with Crippen LogP contribution in [0.1, 0.15) is 37.8 Å². The summed E-state index contributed by atoms with van der Waals surface area (Å²) in [5.74, 6) is -1.14. The van der Waals surface area contributed by atoms with Crippen molar-refractivity contribution in [1.82, 2.24) is 4.57 Å². The lowest BCUT2D eigenvalue weighted by Gasteiger charge is -2.21. The fourth-order valence-corrected chi connectivity index (χ4v) is 4.88. The number of hydrogen-bond acceptors (Lipinski definition) is 5. The summed E-state index contributed by atoms with van der Waals surface area (Å²) in [6.45, 7) is 3.72. The number of fused-ring (bicyclic) bond motifs is 6. The Morgan fingerprint density at radius 3 is 2.29 bits per heavy atom. The van der Waals surface area contributed by atoms with Gasteiger partial charge in [0.05, 0.1) is 38.3 Å². The highest BCUT2D eigenvalue weighted by Crippen LogP contribution is 2.64. The lowest BCUT2D eigenvalue weighted by atomic mass is 9.80. The molecule has 0 radical (unpaired) electrons. The van der Waals surface area contributed by atoms with Gasteiger partial charge in [0.15, 0.2) is 0 Å². The number of halogens is 1. The van der Waals surface area contributed by atoms with Gasteiger partial charge in [-0.25, -0.2) is 4.39 Å². The van der Waals surface area contributed by atoms with Gasteiger partial charge in [0.2, 0.25) is 11.8 Å². The summed E-state index contributed by atoms with van der Waals surface area (Å²) in [6, 6.07) is 6.69. The number of nitrogens with zero attached hydrogens (tertiary/aromatic N) is 2. The summed E-state index contributed by atoms with van der Waals surface area (Å²) in [6.07, 6.45) is 1.40. The highest BCUT2D eigenvalue weighted by atomic mass is 19.1. The molecular formula is C20H17FN2O5. The van der Waals surface area contributed by atoms with Crippen molar-refractivity contribution in [3.05, 3.63) is 57.4 Å². The predicted molar refractivity (Wildman–Crippen MR) is 98.2 cm³/mol. The molecule has 28 heavy (non-hydrogen) atoms. The van der Waals surface area contributed by atoms with Gasteiger partial charge in [-0.1, -0.05) is 12.1 Å². The minimum atomic E-state index is -0.743. The zero-order valence-electron chi connectivity index (χ0n) is 15.2. The maximum absolute atomic E-state index is 14.5. The van der Waals surface area contributed by atoms with Gasteiger partial charge < -0.3 is 14.9 Å². The Bertz CT molecular complexity index is 1160. The molecule has 2 N–H and O–H groups in total. The topological polar surface area (TPSA) is 97.8 Å². The Morgan fingerprint density at radius 1 is 1.11 bits per heavy atom.